The first-order valence-electron chi connectivity index (χ1n) is 7.58. The van der Waals surface area contributed by atoms with Crippen molar-refractivity contribution in [2.45, 2.75) is 52.5 Å². The van der Waals surface area contributed by atoms with Crippen molar-refractivity contribution < 1.29 is 14.3 Å². The molecule has 1 N–H and O–H groups in total. The largest absolute Gasteiger partial charge is 0.480 e. The first kappa shape index (κ1) is 17.6. The SMILES string of the molecule is CCCN(CCC)C(C)(Cc1ccc(F)c(C)c1)C(=O)O. The summed E-state index contributed by atoms with van der Waals surface area (Å²) in [6.07, 6.45) is 2.19. The van der Waals surface area contributed by atoms with Crippen molar-refractivity contribution in [2.24, 2.45) is 0 Å². The number of aliphatic carboxylic acids is 1. The molecule has 0 fully saturated rings. The molecule has 0 aromatic heterocycles. The van der Waals surface area contributed by atoms with E-state index in [0.717, 1.165) is 31.5 Å². The van der Waals surface area contributed by atoms with E-state index < -0.39 is 11.5 Å². The van der Waals surface area contributed by atoms with Crippen LogP contribution in [0.5, 0.6) is 0 Å². The highest BCUT2D eigenvalue weighted by atomic mass is 19.1. The molecule has 0 heterocycles. The minimum atomic E-state index is -0.962. The third kappa shape index (κ3) is 4.27. The molecular weight excluding hydrogens is 269 g/mol. The summed E-state index contributed by atoms with van der Waals surface area (Å²) < 4.78 is 13.4. The van der Waals surface area contributed by atoms with Gasteiger partial charge < -0.3 is 5.11 Å². The van der Waals surface area contributed by atoms with Crippen molar-refractivity contribution >= 4 is 5.97 Å². The molecule has 0 spiro atoms. The average molecular weight is 295 g/mol. The van der Waals surface area contributed by atoms with E-state index in [0.29, 0.717) is 12.0 Å². The van der Waals surface area contributed by atoms with Crippen molar-refractivity contribution in [1.29, 1.82) is 0 Å². The number of nitrogens with zero attached hydrogens (tertiary/aromatic N) is 1. The zero-order valence-corrected chi connectivity index (χ0v) is 13.4. The van der Waals surface area contributed by atoms with Gasteiger partial charge in [0.15, 0.2) is 0 Å². The Balaban J connectivity index is 3.08. The summed E-state index contributed by atoms with van der Waals surface area (Å²) >= 11 is 0. The predicted octanol–water partition coefficient (Wildman–Crippen LogP) is 3.64. The predicted molar refractivity (Wildman–Crippen MR) is 83.0 cm³/mol. The Morgan fingerprint density at radius 1 is 1.29 bits per heavy atom. The summed E-state index contributed by atoms with van der Waals surface area (Å²) in [6.45, 7) is 9.06. The van der Waals surface area contributed by atoms with Gasteiger partial charge >= 0.3 is 5.97 Å². The van der Waals surface area contributed by atoms with E-state index in [1.165, 1.54) is 6.07 Å². The van der Waals surface area contributed by atoms with Gasteiger partial charge in [-0.3, -0.25) is 9.69 Å². The second-order valence-electron chi connectivity index (χ2n) is 5.83. The molecule has 1 rings (SSSR count). The summed E-state index contributed by atoms with van der Waals surface area (Å²) in [5, 5.41) is 9.73. The summed E-state index contributed by atoms with van der Waals surface area (Å²) in [5.74, 6) is -1.08. The number of hydrogen-bond acceptors (Lipinski definition) is 2. The van der Waals surface area contributed by atoms with Gasteiger partial charge in [0.05, 0.1) is 0 Å². The van der Waals surface area contributed by atoms with Crippen LogP contribution in [0, 0.1) is 12.7 Å². The molecule has 0 bridgehead atoms. The topological polar surface area (TPSA) is 40.5 Å². The molecule has 21 heavy (non-hydrogen) atoms. The Morgan fingerprint density at radius 2 is 1.86 bits per heavy atom. The third-order valence-corrected chi connectivity index (χ3v) is 3.92. The van der Waals surface area contributed by atoms with E-state index >= 15 is 0 Å². The fraction of sp³-hybridized carbons (Fsp3) is 0.588. The Bertz CT molecular complexity index is 484. The highest BCUT2D eigenvalue weighted by Crippen LogP contribution is 2.23. The fourth-order valence-electron chi connectivity index (χ4n) is 2.68. The highest BCUT2D eigenvalue weighted by Gasteiger charge is 2.38. The van der Waals surface area contributed by atoms with Crippen LogP contribution in [0.2, 0.25) is 0 Å². The number of hydrogen-bond donors (Lipinski definition) is 1. The van der Waals surface area contributed by atoms with Crippen LogP contribution in [0.25, 0.3) is 0 Å². The maximum absolute atomic E-state index is 13.4. The van der Waals surface area contributed by atoms with E-state index in [9.17, 15) is 14.3 Å². The molecule has 0 saturated carbocycles. The standard InChI is InChI=1S/C17H26FNO2/c1-5-9-19(10-6-2)17(4,16(20)21)12-14-7-8-15(18)13(3)11-14/h7-8,11H,5-6,9-10,12H2,1-4H3,(H,20,21). The quantitative estimate of drug-likeness (QED) is 0.796. The molecule has 1 aromatic rings. The first-order chi connectivity index (χ1) is 9.85. The maximum Gasteiger partial charge on any atom is 0.324 e. The molecule has 0 aliphatic heterocycles. The third-order valence-electron chi connectivity index (χ3n) is 3.92. The second-order valence-corrected chi connectivity index (χ2v) is 5.83. The van der Waals surface area contributed by atoms with Crippen LogP contribution in [0.4, 0.5) is 4.39 Å². The second kappa shape index (κ2) is 7.55. The lowest BCUT2D eigenvalue weighted by Crippen LogP contribution is -2.54. The van der Waals surface area contributed by atoms with Gasteiger partial charge in [0.2, 0.25) is 0 Å². The molecule has 0 aliphatic carbocycles. The lowest BCUT2D eigenvalue weighted by Gasteiger charge is -2.38. The monoisotopic (exact) mass is 295 g/mol. The summed E-state index contributed by atoms with van der Waals surface area (Å²) in [7, 11) is 0. The van der Waals surface area contributed by atoms with Crippen molar-refractivity contribution in [3.05, 3.63) is 35.1 Å². The van der Waals surface area contributed by atoms with E-state index in [1.54, 1.807) is 26.0 Å². The lowest BCUT2D eigenvalue weighted by molar-refractivity contribution is -0.150. The van der Waals surface area contributed by atoms with Crippen LogP contribution in [0.1, 0.15) is 44.7 Å². The van der Waals surface area contributed by atoms with Gasteiger partial charge in [-0.05, 0) is 57.0 Å². The van der Waals surface area contributed by atoms with E-state index in [1.807, 2.05) is 18.7 Å². The number of halogens is 1. The van der Waals surface area contributed by atoms with E-state index in [2.05, 4.69) is 0 Å². The molecule has 0 amide bonds. The van der Waals surface area contributed by atoms with Crippen molar-refractivity contribution in [3.8, 4) is 0 Å². The zero-order chi connectivity index (χ0) is 16.0. The molecule has 4 heteroatoms. The van der Waals surface area contributed by atoms with Gasteiger partial charge in [0.1, 0.15) is 11.4 Å². The van der Waals surface area contributed by atoms with E-state index in [-0.39, 0.29) is 5.82 Å². The summed E-state index contributed by atoms with van der Waals surface area (Å²) in [6, 6.07) is 4.84. The minimum absolute atomic E-state index is 0.255. The Kier molecular flexibility index (Phi) is 6.34. The number of carbonyl (C=O) groups is 1. The number of carboxylic acids is 1. The molecule has 118 valence electrons. The highest BCUT2D eigenvalue weighted by molar-refractivity contribution is 5.78. The molecule has 0 radical (unpaired) electrons. The van der Waals surface area contributed by atoms with Gasteiger partial charge in [-0.1, -0.05) is 26.0 Å². The molecule has 1 unspecified atom stereocenters. The molecule has 3 nitrogen and oxygen atoms in total. The zero-order valence-electron chi connectivity index (χ0n) is 13.4. The summed E-state index contributed by atoms with van der Waals surface area (Å²) in [4.78, 5) is 13.9. The molecule has 0 aliphatic rings. The van der Waals surface area contributed by atoms with Crippen LogP contribution in [-0.2, 0) is 11.2 Å². The number of rotatable bonds is 8. The normalized spacial score (nSPS) is 14.2. The van der Waals surface area contributed by atoms with Crippen LogP contribution in [0.3, 0.4) is 0 Å². The maximum atomic E-state index is 13.4. The van der Waals surface area contributed by atoms with Crippen LogP contribution in [0.15, 0.2) is 18.2 Å². The molecule has 1 aromatic carbocycles. The van der Waals surface area contributed by atoms with E-state index in [4.69, 9.17) is 0 Å². The number of carboxylic acid groups (broad SMARTS) is 1. The lowest BCUT2D eigenvalue weighted by atomic mass is 9.89. The first-order valence-corrected chi connectivity index (χ1v) is 7.58. The minimum Gasteiger partial charge on any atom is -0.480 e. The number of benzene rings is 1. The van der Waals surface area contributed by atoms with Crippen LogP contribution >= 0.6 is 0 Å². The van der Waals surface area contributed by atoms with Crippen molar-refractivity contribution in [2.75, 3.05) is 13.1 Å². The Hall–Kier alpha value is -1.42. The summed E-state index contributed by atoms with van der Waals surface area (Å²) in [5.41, 5.74) is 0.449. The fourth-order valence-corrected chi connectivity index (χ4v) is 2.68. The van der Waals surface area contributed by atoms with Gasteiger partial charge in [0.25, 0.3) is 0 Å². The van der Waals surface area contributed by atoms with Gasteiger partial charge in [-0.15, -0.1) is 0 Å². The van der Waals surface area contributed by atoms with Gasteiger partial charge in [-0.2, -0.15) is 0 Å². The molecule has 1 atom stereocenters. The van der Waals surface area contributed by atoms with Crippen LogP contribution < -0.4 is 0 Å². The van der Waals surface area contributed by atoms with Crippen molar-refractivity contribution in [3.63, 3.8) is 0 Å². The molecular formula is C17H26FNO2. The number of aryl methyl sites for hydroxylation is 1. The smallest absolute Gasteiger partial charge is 0.324 e. The van der Waals surface area contributed by atoms with Crippen molar-refractivity contribution in [1.82, 2.24) is 4.90 Å². The average Bonchev–Trinajstić information content (AvgIpc) is 2.42. The van der Waals surface area contributed by atoms with Gasteiger partial charge in [-0.25, -0.2) is 4.39 Å². The Morgan fingerprint density at radius 3 is 2.29 bits per heavy atom. The van der Waals surface area contributed by atoms with Crippen LogP contribution in [-0.4, -0.2) is 34.6 Å². The molecule has 0 saturated heterocycles. The van der Waals surface area contributed by atoms with Gasteiger partial charge in [0, 0.05) is 6.42 Å². The Labute approximate surface area is 126 Å².